The third-order valence-corrected chi connectivity index (χ3v) is 3.54. The van der Waals surface area contributed by atoms with E-state index in [4.69, 9.17) is 0 Å². The van der Waals surface area contributed by atoms with Crippen molar-refractivity contribution in [2.75, 3.05) is 37.6 Å². The van der Waals surface area contributed by atoms with Crippen LogP contribution in [-0.2, 0) is 0 Å². The molecule has 1 aliphatic rings. The van der Waals surface area contributed by atoms with E-state index in [2.05, 4.69) is 24.0 Å². The SMILES string of the molecule is Cc1ccccc1N1CCN(CCC(F)(F)F)CC1. The summed E-state index contributed by atoms with van der Waals surface area (Å²) in [5.74, 6) is 0. The van der Waals surface area contributed by atoms with Gasteiger partial charge in [-0.25, -0.2) is 0 Å². The molecule has 1 fully saturated rings. The van der Waals surface area contributed by atoms with E-state index in [0.29, 0.717) is 13.1 Å². The minimum absolute atomic E-state index is 0.116. The van der Waals surface area contributed by atoms with Gasteiger partial charge in [0.25, 0.3) is 0 Å². The number of anilines is 1. The van der Waals surface area contributed by atoms with Crippen LogP contribution in [0.1, 0.15) is 12.0 Å². The van der Waals surface area contributed by atoms with Gasteiger partial charge in [-0.15, -0.1) is 0 Å². The van der Waals surface area contributed by atoms with Crippen molar-refractivity contribution in [3.8, 4) is 0 Å². The van der Waals surface area contributed by atoms with Crippen LogP contribution in [-0.4, -0.2) is 43.8 Å². The van der Waals surface area contributed by atoms with Crippen LogP contribution in [0.15, 0.2) is 24.3 Å². The van der Waals surface area contributed by atoms with Crippen LogP contribution in [0.2, 0.25) is 0 Å². The number of nitrogens with zero attached hydrogens (tertiary/aromatic N) is 2. The third-order valence-electron chi connectivity index (χ3n) is 3.54. The number of benzene rings is 1. The summed E-state index contributed by atoms with van der Waals surface area (Å²) in [6.07, 6.45) is -4.76. The summed E-state index contributed by atoms with van der Waals surface area (Å²) in [6.45, 7) is 5.16. The monoisotopic (exact) mass is 272 g/mol. The van der Waals surface area contributed by atoms with Gasteiger partial charge in [0.2, 0.25) is 0 Å². The van der Waals surface area contributed by atoms with E-state index < -0.39 is 12.6 Å². The van der Waals surface area contributed by atoms with E-state index in [-0.39, 0.29) is 6.54 Å². The molecule has 0 saturated carbocycles. The average Bonchev–Trinajstić information content (AvgIpc) is 2.37. The maximum Gasteiger partial charge on any atom is 0.390 e. The highest BCUT2D eigenvalue weighted by Crippen LogP contribution is 2.23. The molecule has 1 aromatic carbocycles. The number of halogens is 3. The molecular formula is C14H19F3N2. The highest BCUT2D eigenvalue weighted by Gasteiger charge is 2.28. The molecule has 2 nitrogen and oxygen atoms in total. The van der Waals surface area contributed by atoms with Crippen molar-refractivity contribution >= 4 is 5.69 Å². The Labute approximate surface area is 111 Å². The topological polar surface area (TPSA) is 6.48 Å². The van der Waals surface area contributed by atoms with Gasteiger partial charge in [0, 0.05) is 38.4 Å². The second-order valence-corrected chi connectivity index (χ2v) is 4.98. The van der Waals surface area contributed by atoms with Gasteiger partial charge in [-0.3, -0.25) is 4.90 Å². The van der Waals surface area contributed by atoms with Crippen LogP contribution in [0.3, 0.4) is 0 Å². The Balaban J connectivity index is 1.84. The predicted molar refractivity (Wildman–Crippen MR) is 70.5 cm³/mol. The average molecular weight is 272 g/mol. The predicted octanol–water partition coefficient (Wildman–Crippen LogP) is 3.07. The fourth-order valence-electron chi connectivity index (χ4n) is 2.42. The third kappa shape index (κ3) is 4.13. The molecule has 106 valence electrons. The zero-order chi connectivity index (χ0) is 13.9. The molecule has 0 radical (unpaired) electrons. The highest BCUT2D eigenvalue weighted by atomic mass is 19.4. The molecular weight excluding hydrogens is 253 g/mol. The van der Waals surface area contributed by atoms with Crippen molar-refractivity contribution in [3.63, 3.8) is 0 Å². The number of alkyl halides is 3. The summed E-state index contributed by atoms with van der Waals surface area (Å²) in [5.41, 5.74) is 2.41. The number of hydrogen-bond donors (Lipinski definition) is 0. The number of hydrogen-bond acceptors (Lipinski definition) is 2. The molecule has 1 aromatic rings. The van der Waals surface area contributed by atoms with Gasteiger partial charge < -0.3 is 4.90 Å². The Kier molecular flexibility index (Phi) is 4.34. The molecule has 1 saturated heterocycles. The van der Waals surface area contributed by atoms with Crippen LogP contribution >= 0.6 is 0 Å². The maximum atomic E-state index is 12.2. The van der Waals surface area contributed by atoms with E-state index in [9.17, 15) is 13.2 Å². The maximum absolute atomic E-state index is 12.2. The standard InChI is InChI=1S/C14H19F3N2/c1-12-4-2-3-5-13(12)19-10-8-18(9-11-19)7-6-14(15,16)17/h2-5H,6-11H2,1H3. The normalized spacial score (nSPS) is 17.8. The molecule has 1 aliphatic heterocycles. The summed E-state index contributed by atoms with van der Waals surface area (Å²) in [6, 6.07) is 8.13. The number of aryl methyl sites for hydroxylation is 1. The molecule has 19 heavy (non-hydrogen) atoms. The molecule has 0 unspecified atom stereocenters. The van der Waals surface area contributed by atoms with Crippen molar-refractivity contribution < 1.29 is 13.2 Å². The van der Waals surface area contributed by atoms with E-state index >= 15 is 0 Å². The Hall–Kier alpha value is -1.23. The summed E-state index contributed by atoms with van der Waals surface area (Å²) in [4.78, 5) is 4.14. The van der Waals surface area contributed by atoms with Crippen LogP contribution in [0.25, 0.3) is 0 Å². The first-order chi connectivity index (χ1) is 8.96. The lowest BCUT2D eigenvalue weighted by atomic mass is 10.1. The molecule has 0 aromatic heterocycles. The van der Waals surface area contributed by atoms with Crippen molar-refractivity contribution in [2.24, 2.45) is 0 Å². The van der Waals surface area contributed by atoms with Crippen LogP contribution in [0, 0.1) is 6.92 Å². The van der Waals surface area contributed by atoms with Crippen LogP contribution in [0.4, 0.5) is 18.9 Å². The molecule has 0 spiro atoms. The highest BCUT2D eigenvalue weighted by molar-refractivity contribution is 5.53. The minimum atomic E-state index is -4.05. The Morgan fingerprint density at radius 1 is 1.05 bits per heavy atom. The molecule has 1 heterocycles. The second-order valence-electron chi connectivity index (χ2n) is 4.98. The van der Waals surface area contributed by atoms with Gasteiger partial charge in [0.05, 0.1) is 6.42 Å². The summed E-state index contributed by atoms with van der Waals surface area (Å²) in [5, 5.41) is 0. The van der Waals surface area contributed by atoms with Gasteiger partial charge in [-0.1, -0.05) is 18.2 Å². The molecule has 0 aliphatic carbocycles. The molecule has 0 N–H and O–H groups in total. The van der Waals surface area contributed by atoms with Crippen molar-refractivity contribution in [2.45, 2.75) is 19.5 Å². The van der Waals surface area contributed by atoms with Gasteiger partial charge >= 0.3 is 6.18 Å². The molecule has 5 heteroatoms. The first kappa shape index (κ1) is 14.2. The fourth-order valence-corrected chi connectivity index (χ4v) is 2.42. The second kappa shape index (κ2) is 5.82. The molecule has 0 bridgehead atoms. The number of para-hydroxylation sites is 1. The van der Waals surface area contributed by atoms with E-state index in [1.165, 1.54) is 11.3 Å². The van der Waals surface area contributed by atoms with E-state index in [1.54, 1.807) is 0 Å². The van der Waals surface area contributed by atoms with Crippen LogP contribution in [0.5, 0.6) is 0 Å². The van der Waals surface area contributed by atoms with Gasteiger partial charge in [0.15, 0.2) is 0 Å². The van der Waals surface area contributed by atoms with E-state index in [0.717, 1.165) is 13.1 Å². The zero-order valence-corrected chi connectivity index (χ0v) is 11.1. The van der Waals surface area contributed by atoms with E-state index in [1.807, 2.05) is 17.0 Å². The summed E-state index contributed by atoms with van der Waals surface area (Å²) >= 11 is 0. The Morgan fingerprint density at radius 2 is 1.68 bits per heavy atom. The first-order valence-electron chi connectivity index (χ1n) is 6.55. The number of rotatable bonds is 3. The Bertz CT molecular complexity index is 409. The minimum Gasteiger partial charge on any atom is -0.369 e. The Morgan fingerprint density at radius 3 is 2.26 bits per heavy atom. The van der Waals surface area contributed by atoms with Gasteiger partial charge in [-0.2, -0.15) is 13.2 Å². The van der Waals surface area contributed by atoms with Crippen LogP contribution < -0.4 is 4.90 Å². The molecule has 0 amide bonds. The summed E-state index contributed by atoms with van der Waals surface area (Å²) in [7, 11) is 0. The smallest absolute Gasteiger partial charge is 0.369 e. The summed E-state index contributed by atoms with van der Waals surface area (Å²) < 4.78 is 36.5. The van der Waals surface area contributed by atoms with Crippen molar-refractivity contribution in [1.82, 2.24) is 4.90 Å². The fraction of sp³-hybridized carbons (Fsp3) is 0.571. The van der Waals surface area contributed by atoms with Crippen molar-refractivity contribution in [1.29, 1.82) is 0 Å². The van der Waals surface area contributed by atoms with Crippen molar-refractivity contribution in [3.05, 3.63) is 29.8 Å². The number of piperazine rings is 1. The molecule has 0 atom stereocenters. The lowest BCUT2D eigenvalue weighted by Gasteiger charge is -2.36. The quantitative estimate of drug-likeness (QED) is 0.834. The first-order valence-corrected chi connectivity index (χ1v) is 6.55. The molecule has 2 rings (SSSR count). The van der Waals surface area contributed by atoms with Gasteiger partial charge in [-0.05, 0) is 18.6 Å². The largest absolute Gasteiger partial charge is 0.390 e. The lowest BCUT2D eigenvalue weighted by molar-refractivity contribution is -0.138. The zero-order valence-electron chi connectivity index (χ0n) is 11.1. The lowest BCUT2D eigenvalue weighted by Crippen LogP contribution is -2.47. The van der Waals surface area contributed by atoms with Gasteiger partial charge in [0.1, 0.15) is 0 Å².